The average molecular weight is 216 g/mol. The topological polar surface area (TPSA) is 69.1 Å². The largest absolute Gasteiger partial charge is 0.312 e. The molecular formula is C11H12N4O. The summed E-state index contributed by atoms with van der Waals surface area (Å²) in [5, 5.41) is 3.46. The van der Waals surface area contributed by atoms with Crippen LogP contribution >= 0.6 is 0 Å². The van der Waals surface area contributed by atoms with E-state index in [1.165, 1.54) is 0 Å². The van der Waals surface area contributed by atoms with Crippen molar-refractivity contribution < 1.29 is 4.79 Å². The van der Waals surface area contributed by atoms with Crippen LogP contribution in [0.15, 0.2) is 29.4 Å². The number of carbonyl (C=O) groups is 1. The Hall–Kier alpha value is -2.00. The van der Waals surface area contributed by atoms with Crippen molar-refractivity contribution in [2.75, 3.05) is 18.0 Å². The molecule has 5 heteroatoms. The van der Waals surface area contributed by atoms with Gasteiger partial charge in [-0.1, -0.05) is 23.3 Å². The van der Waals surface area contributed by atoms with Crippen LogP contribution < -0.4 is 4.90 Å². The lowest BCUT2D eigenvalue weighted by Crippen LogP contribution is -2.28. The summed E-state index contributed by atoms with van der Waals surface area (Å²) >= 11 is 0. The summed E-state index contributed by atoms with van der Waals surface area (Å²) in [7, 11) is 0. The monoisotopic (exact) mass is 216 g/mol. The van der Waals surface area contributed by atoms with Crippen LogP contribution in [0.5, 0.6) is 0 Å². The van der Waals surface area contributed by atoms with Crippen LogP contribution in [0.4, 0.5) is 5.69 Å². The highest BCUT2D eigenvalue weighted by Crippen LogP contribution is 2.28. The lowest BCUT2D eigenvalue weighted by molar-refractivity contribution is -0.117. The molecule has 16 heavy (non-hydrogen) atoms. The first-order valence-electron chi connectivity index (χ1n) is 5.22. The van der Waals surface area contributed by atoms with Crippen molar-refractivity contribution in [1.82, 2.24) is 0 Å². The zero-order chi connectivity index (χ0) is 11.4. The Labute approximate surface area is 93.3 Å². The minimum Gasteiger partial charge on any atom is -0.312 e. The van der Waals surface area contributed by atoms with Crippen LogP contribution in [-0.2, 0) is 11.2 Å². The van der Waals surface area contributed by atoms with Gasteiger partial charge in [0.25, 0.3) is 0 Å². The van der Waals surface area contributed by atoms with Crippen molar-refractivity contribution in [3.63, 3.8) is 0 Å². The fourth-order valence-electron chi connectivity index (χ4n) is 1.91. The molecule has 0 unspecified atom stereocenters. The molecule has 0 saturated carbocycles. The number of anilines is 1. The van der Waals surface area contributed by atoms with Crippen molar-refractivity contribution in [1.29, 1.82) is 0 Å². The van der Waals surface area contributed by atoms with E-state index in [4.69, 9.17) is 5.53 Å². The maximum absolute atomic E-state index is 11.7. The molecule has 2 rings (SSSR count). The number of azide groups is 1. The summed E-state index contributed by atoms with van der Waals surface area (Å²) in [5.74, 6) is 0.127. The Morgan fingerprint density at radius 3 is 3.06 bits per heavy atom. The van der Waals surface area contributed by atoms with E-state index >= 15 is 0 Å². The zero-order valence-electron chi connectivity index (χ0n) is 8.83. The van der Waals surface area contributed by atoms with Crippen LogP contribution in [0.2, 0.25) is 0 Å². The molecule has 0 aromatic heterocycles. The average Bonchev–Trinajstić information content (AvgIpc) is 2.61. The van der Waals surface area contributed by atoms with Gasteiger partial charge < -0.3 is 4.90 Å². The summed E-state index contributed by atoms with van der Waals surface area (Å²) in [4.78, 5) is 16.2. The van der Waals surface area contributed by atoms with Gasteiger partial charge in [-0.15, -0.1) is 0 Å². The number of fused-ring (bicyclic) bond motifs is 1. The van der Waals surface area contributed by atoms with Gasteiger partial charge in [0.05, 0.1) is 6.42 Å². The van der Waals surface area contributed by atoms with Crippen LogP contribution in [0.25, 0.3) is 10.4 Å². The van der Waals surface area contributed by atoms with Crippen molar-refractivity contribution in [3.8, 4) is 0 Å². The maximum atomic E-state index is 11.7. The molecule has 0 N–H and O–H groups in total. The van der Waals surface area contributed by atoms with Gasteiger partial charge in [-0.05, 0) is 23.6 Å². The van der Waals surface area contributed by atoms with Crippen LogP contribution in [0.1, 0.15) is 12.0 Å². The maximum Gasteiger partial charge on any atom is 0.231 e. The molecule has 0 atom stereocenters. The highest BCUT2D eigenvalue weighted by molar-refractivity contribution is 6.01. The number of amides is 1. The number of hydrogen-bond acceptors (Lipinski definition) is 2. The van der Waals surface area contributed by atoms with Crippen molar-refractivity contribution in [2.45, 2.75) is 12.8 Å². The standard InChI is InChI=1S/C11H12N4O/c12-14-13-6-3-7-15-10-5-2-1-4-9(10)8-11(15)16/h1-2,4-5H,3,6-8H2. The highest BCUT2D eigenvalue weighted by Gasteiger charge is 2.25. The summed E-state index contributed by atoms with van der Waals surface area (Å²) in [5.41, 5.74) is 10.2. The molecular weight excluding hydrogens is 204 g/mol. The third kappa shape index (κ3) is 1.99. The van der Waals surface area contributed by atoms with Gasteiger partial charge in [0.1, 0.15) is 0 Å². The van der Waals surface area contributed by atoms with E-state index < -0.39 is 0 Å². The molecule has 1 heterocycles. The molecule has 5 nitrogen and oxygen atoms in total. The minimum atomic E-state index is 0.127. The molecule has 1 aliphatic rings. The van der Waals surface area contributed by atoms with Gasteiger partial charge in [0.2, 0.25) is 5.91 Å². The third-order valence-corrected chi connectivity index (χ3v) is 2.63. The second-order valence-electron chi connectivity index (χ2n) is 3.66. The Bertz CT molecular complexity index is 451. The van der Waals surface area contributed by atoms with E-state index in [0.29, 0.717) is 25.9 Å². The summed E-state index contributed by atoms with van der Waals surface area (Å²) in [6, 6.07) is 7.79. The quantitative estimate of drug-likeness (QED) is 0.329. The number of nitrogens with zero attached hydrogens (tertiary/aromatic N) is 4. The van der Waals surface area contributed by atoms with E-state index in [1.54, 1.807) is 4.90 Å². The van der Waals surface area contributed by atoms with Crippen LogP contribution in [0.3, 0.4) is 0 Å². The van der Waals surface area contributed by atoms with Crippen molar-refractivity contribution in [3.05, 3.63) is 40.3 Å². The van der Waals surface area contributed by atoms with Gasteiger partial charge in [-0.25, -0.2) is 0 Å². The van der Waals surface area contributed by atoms with Crippen LogP contribution in [0, 0.1) is 0 Å². The van der Waals surface area contributed by atoms with Crippen molar-refractivity contribution in [2.24, 2.45) is 5.11 Å². The Morgan fingerprint density at radius 1 is 1.44 bits per heavy atom. The molecule has 1 aliphatic heterocycles. The van der Waals surface area contributed by atoms with Crippen LogP contribution in [-0.4, -0.2) is 19.0 Å². The molecule has 0 aliphatic carbocycles. The number of hydrogen-bond donors (Lipinski definition) is 0. The van der Waals surface area contributed by atoms with Gasteiger partial charge in [0, 0.05) is 23.7 Å². The van der Waals surface area contributed by atoms with E-state index in [-0.39, 0.29) is 5.91 Å². The first-order valence-corrected chi connectivity index (χ1v) is 5.22. The van der Waals surface area contributed by atoms with Gasteiger partial charge in [-0.2, -0.15) is 0 Å². The Morgan fingerprint density at radius 2 is 2.25 bits per heavy atom. The molecule has 82 valence electrons. The molecule has 1 aromatic rings. The molecule has 1 aromatic carbocycles. The number of para-hydroxylation sites is 1. The molecule has 1 amide bonds. The minimum absolute atomic E-state index is 0.127. The third-order valence-electron chi connectivity index (χ3n) is 2.63. The molecule has 0 bridgehead atoms. The second kappa shape index (κ2) is 4.68. The van der Waals surface area contributed by atoms with E-state index in [2.05, 4.69) is 10.0 Å². The Kier molecular flexibility index (Phi) is 3.08. The summed E-state index contributed by atoms with van der Waals surface area (Å²) in [6.07, 6.45) is 1.18. The van der Waals surface area contributed by atoms with E-state index in [9.17, 15) is 4.79 Å². The molecule has 0 spiro atoms. The smallest absolute Gasteiger partial charge is 0.231 e. The zero-order valence-corrected chi connectivity index (χ0v) is 8.83. The predicted octanol–water partition coefficient (Wildman–Crippen LogP) is 2.28. The first-order chi connectivity index (χ1) is 7.83. The summed E-state index contributed by atoms with van der Waals surface area (Å²) in [6.45, 7) is 1.05. The lowest BCUT2D eigenvalue weighted by atomic mass is 10.2. The second-order valence-corrected chi connectivity index (χ2v) is 3.66. The highest BCUT2D eigenvalue weighted by atomic mass is 16.2. The van der Waals surface area contributed by atoms with Gasteiger partial charge in [-0.3, -0.25) is 4.79 Å². The first kappa shape index (κ1) is 10.5. The fourth-order valence-corrected chi connectivity index (χ4v) is 1.91. The van der Waals surface area contributed by atoms with E-state index in [0.717, 1.165) is 11.3 Å². The fraction of sp³-hybridized carbons (Fsp3) is 0.364. The molecule has 0 saturated heterocycles. The molecule has 0 radical (unpaired) electrons. The van der Waals surface area contributed by atoms with Gasteiger partial charge >= 0.3 is 0 Å². The SMILES string of the molecule is [N-]=[N+]=NCCCN1C(=O)Cc2ccccc21. The number of carbonyl (C=O) groups excluding carboxylic acids is 1. The normalized spacial score (nSPS) is 13.5. The Balaban J connectivity index is 2.04. The van der Waals surface area contributed by atoms with Crippen molar-refractivity contribution >= 4 is 11.6 Å². The van der Waals surface area contributed by atoms with Gasteiger partial charge in [0.15, 0.2) is 0 Å². The predicted molar refractivity (Wildman–Crippen MR) is 61.1 cm³/mol. The summed E-state index contributed by atoms with van der Waals surface area (Å²) < 4.78 is 0. The number of rotatable bonds is 4. The molecule has 0 fully saturated rings. The van der Waals surface area contributed by atoms with E-state index in [1.807, 2.05) is 24.3 Å². The number of benzene rings is 1. The lowest BCUT2D eigenvalue weighted by Gasteiger charge is -2.16.